The van der Waals surface area contributed by atoms with Crippen molar-refractivity contribution in [2.45, 2.75) is 20.0 Å². The van der Waals surface area contributed by atoms with Crippen LogP contribution in [0.4, 0.5) is 0 Å². The number of aliphatic hydroxyl groups is 1. The Hall–Kier alpha value is -2.34. The maximum absolute atomic E-state index is 11.7. The number of carbonyl (C=O) groups is 1. The molecule has 0 bridgehead atoms. The van der Waals surface area contributed by atoms with Gasteiger partial charge in [-0.2, -0.15) is 5.10 Å². The number of hydrogen-bond donors (Lipinski definition) is 1. The summed E-state index contributed by atoms with van der Waals surface area (Å²) in [6.45, 7) is 3.70. The van der Waals surface area contributed by atoms with Gasteiger partial charge in [0.2, 0.25) is 0 Å². The van der Waals surface area contributed by atoms with E-state index in [1.54, 1.807) is 38.2 Å². The number of nitrogens with zero attached hydrogens (tertiary/aromatic N) is 2. The second kappa shape index (κ2) is 6.41. The number of methoxy groups -OCH3 is 1. The van der Waals surface area contributed by atoms with Gasteiger partial charge in [0.25, 0.3) is 0 Å². The van der Waals surface area contributed by atoms with Gasteiger partial charge in [0.15, 0.2) is 0 Å². The zero-order valence-corrected chi connectivity index (χ0v) is 12.2. The summed E-state index contributed by atoms with van der Waals surface area (Å²) in [4.78, 5) is 11.7. The number of carbonyl (C=O) groups excluding carboxylic acids is 1. The molecule has 0 aliphatic heterocycles. The Bertz CT molecular complexity index is 634. The SMILES string of the molecule is CCOC(=O)c1cnn(-c2cccc(OC)c2C(C)O)c1. The van der Waals surface area contributed by atoms with E-state index in [1.165, 1.54) is 18.0 Å². The molecule has 0 amide bonds. The molecule has 1 aromatic heterocycles. The fourth-order valence-corrected chi connectivity index (χ4v) is 2.10. The van der Waals surface area contributed by atoms with Crippen LogP contribution in [0.2, 0.25) is 0 Å². The molecule has 6 heteroatoms. The molecule has 2 rings (SSSR count). The summed E-state index contributed by atoms with van der Waals surface area (Å²) < 4.78 is 11.7. The van der Waals surface area contributed by atoms with Gasteiger partial charge < -0.3 is 14.6 Å². The number of esters is 1. The molecule has 6 nitrogen and oxygen atoms in total. The van der Waals surface area contributed by atoms with Gasteiger partial charge in [0.05, 0.1) is 37.3 Å². The van der Waals surface area contributed by atoms with Crippen LogP contribution in [-0.2, 0) is 4.74 Å². The van der Waals surface area contributed by atoms with E-state index < -0.39 is 12.1 Å². The monoisotopic (exact) mass is 290 g/mol. The van der Waals surface area contributed by atoms with Crippen LogP contribution in [0.15, 0.2) is 30.6 Å². The van der Waals surface area contributed by atoms with Crippen molar-refractivity contribution in [3.05, 3.63) is 41.7 Å². The predicted molar refractivity (Wildman–Crippen MR) is 76.7 cm³/mol. The van der Waals surface area contributed by atoms with Gasteiger partial charge in [-0.3, -0.25) is 0 Å². The first-order chi connectivity index (χ1) is 10.1. The Labute approximate surface area is 122 Å². The minimum atomic E-state index is -0.730. The van der Waals surface area contributed by atoms with E-state index in [0.29, 0.717) is 29.2 Å². The number of rotatable bonds is 5. The third-order valence-electron chi connectivity index (χ3n) is 3.02. The van der Waals surface area contributed by atoms with Crippen molar-refractivity contribution in [3.8, 4) is 11.4 Å². The minimum Gasteiger partial charge on any atom is -0.496 e. The van der Waals surface area contributed by atoms with E-state index in [4.69, 9.17) is 9.47 Å². The van der Waals surface area contributed by atoms with Gasteiger partial charge in [-0.25, -0.2) is 9.48 Å². The molecule has 1 unspecified atom stereocenters. The van der Waals surface area contributed by atoms with Crippen molar-refractivity contribution < 1.29 is 19.4 Å². The average molecular weight is 290 g/mol. The van der Waals surface area contributed by atoms with Crippen LogP contribution in [0, 0.1) is 0 Å². The summed E-state index contributed by atoms with van der Waals surface area (Å²) in [5.74, 6) is 0.140. The fourth-order valence-electron chi connectivity index (χ4n) is 2.10. The normalized spacial score (nSPS) is 12.0. The van der Waals surface area contributed by atoms with Crippen LogP contribution in [0.1, 0.15) is 35.9 Å². The van der Waals surface area contributed by atoms with Crippen LogP contribution in [-0.4, -0.2) is 34.6 Å². The molecule has 0 spiro atoms. The van der Waals surface area contributed by atoms with Crippen LogP contribution < -0.4 is 4.74 Å². The summed E-state index contributed by atoms with van der Waals surface area (Å²) in [5, 5.41) is 14.1. The van der Waals surface area contributed by atoms with E-state index in [0.717, 1.165) is 0 Å². The Balaban J connectivity index is 2.45. The highest BCUT2D eigenvalue weighted by atomic mass is 16.5. The third-order valence-corrected chi connectivity index (χ3v) is 3.02. The standard InChI is InChI=1S/C15H18N2O4/c1-4-21-15(19)11-8-16-17(9-11)12-6-5-7-13(20-3)14(12)10(2)18/h5-10,18H,4H2,1-3H3. The molecule has 1 N–H and O–H groups in total. The summed E-state index contributed by atoms with van der Waals surface area (Å²) in [6, 6.07) is 5.36. The van der Waals surface area contributed by atoms with Gasteiger partial charge in [0.1, 0.15) is 5.75 Å². The quantitative estimate of drug-likeness (QED) is 0.854. The average Bonchev–Trinajstić information content (AvgIpc) is 2.96. The molecule has 1 aromatic carbocycles. The van der Waals surface area contributed by atoms with E-state index in [9.17, 15) is 9.90 Å². The topological polar surface area (TPSA) is 73.6 Å². The molecule has 0 aliphatic carbocycles. The van der Waals surface area contributed by atoms with Gasteiger partial charge >= 0.3 is 5.97 Å². The molecule has 21 heavy (non-hydrogen) atoms. The molecule has 0 radical (unpaired) electrons. The zero-order chi connectivity index (χ0) is 15.4. The molecule has 112 valence electrons. The van der Waals surface area contributed by atoms with Gasteiger partial charge in [-0.15, -0.1) is 0 Å². The molecular weight excluding hydrogens is 272 g/mol. The first-order valence-electron chi connectivity index (χ1n) is 6.65. The second-order valence-electron chi connectivity index (χ2n) is 4.46. The summed E-state index contributed by atoms with van der Waals surface area (Å²) in [7, 11) is 1.54. The minimum absolute atomic E-state index is 0.308. The molecule has 0 saturated carbocycles. The molecule has 1 heterocycles. The fraction of sp³-hybridized carbons (Fsp3) is 0.333. The lowest BCUT2D eigenvalue weighted by Gasteiger charge is -2.15. The van der Waals surface area contributed by atoms with E-state index in [-0.39, 0.29) is 0 Å². The summed E-state index contributed by atoms with van der Waals surface area (Å²) >= 11 is 0. The second-order valence-corrected chi connectivity index (χ2v) is 4.46. The highest BCUT2D eigenvalue weighted by Gasteiger charge is 2.17. The molecule has 0 saturated heterocycles. The van der Waals surface area contributed by atoms with Crippen molar-refractivity contribution in [1.82, 2.24) is 9.78 Å². The Kier molecular flexibility index (Phi) is 4.59. The lowest BCUT2D eigenvalue weighted by Crippen LogP contribution is -2.06. The van der Waals surface area contributed by atoms with Crippen LogP contribution in [0.5, 0.6) is 5.75 Å². The van der Waals surface area contributed by atoms with Gasteiger partial charge in [-0.05, 0) is 26.0 Å². The summed E-state index contributed by atoms with van der Waals surface area (Å²) in [6.07, 6.45) is 2.27. The lowest BCUT2D eigenvalue weighted by atomic mass is 10.1. The first kappa shape index (κ1) is 15.1. The van der Waals surface area contributed by atoms with Crippen LogP contribution in [0.25, 0.3) is 5.69 Å². The molecule has 2 aromatic rings. The smallest absolute Gasteiger partial charge is 0.341 e. The van der Waals surface area contributed by atoms with Crippen LogP contribution >= 0.6 is 0 Å². The van der Waals surface area contributed by atoms with E-state index in [1.807, 2.05) is 0 Å². The van der Waals surface area contributed by atoms with Crippen molar-refractivity contribution in [1.29, 1.82) is 0 Å². The molecule has 1 atom stereocenters. The maximum Gasteiger partial charge on any atom is 0.341 e. The lowest BCUT2D eigenvalue weighted by molar-refractivity contribution is 0.0526. The molecule has 0 aliphatic rings. The number of aliphatic hydroxyl groups excluding tert-OH is 1. The van der Waals surface area contributed by atoms with E-state index >= 15 is 0 Å². The Morgan fingerprint density at radius 3 is 2.86 bits per heavy atom. The van der Waals surface area contributed by atoms with Gasteiger partial charge in [-0.1, -0.05) is 6.07 Å². The van der Waals surface area contributed by atoms with Crippen molar-refractivity contribution in [2.75, 3.05) is 13.7 Å². The number of aromatic nitrogens is 2. The zero-order valence-electron chi connectivity index (χ0n) is 12.2. The number of ether oxygens (including phenoxy) is 2. The largest absolute Gasteiger partial charge is 0.496 e. The van der Waals surface area contributed by atoms with Crippen molar-refractivity contribution >= 4 is 5.97 Å². The Morgan fingerprint density at radius 1 is 1.48 bits per heavy atom. The highest BCUT2D eigenvalue weighted by Crippen LogP contribution is 2.30. The number of benzene rings is 1. The first-order valence-corrected chi connectivity index (χ1v) is 6.65. The van der Waals surface area contributed by atoms with E-state index in [2.05, 4.69) is 5.10 Å². The van der Waals surface area contributed by atoms with Gasteiger partial charge in [0, 0.05) is 11.8 Å². The molecule has 0 fully saturated rings. The molecular formula is C15H18N2O4. The maximum atomic E-state index is 11.7. The van der Waals surface area contributed by atoms with Crippen molar-refractivity contribution in [3.63, 3.8) is 0 Å². The third kappa shape index (κ3) is 3.05. The van der Waals surface area contributed by atoms with Crippen LogP contribution in [0.3, 0.4) is 0 Å². The number of hydrogen-bond acceptors (Lipinski definition) is 5. The Morgan fingerprint density at radius 2 is 2.24 bits per heavy atom. The summed E-state index contributed by atoms with van der Waals surface area (Å²) in [5.41, 5.74) is 1.62. The predicted octanol–water partition coefficient (Wildman–Crippen LogP) is 2.11. The highest BCUT2D eigenvalue weighted by molar-refractivity contribution is 5.88. The van der Waals surface area contributed by atoms with Crippen molar-refractivity contribution in [2.24, 2.45) is 0 Å².